The van der Waals surface area contributed by atoms with Crippen LogP contribution in [0.3, 0.4) is 0 Å². The fourth-order valence-corrected chi connectivity index (χ4v) is 5.55. The van der Waals surface area contributed by atoms with Crippen LogP contribution in [0.15, 0.2) is 52.5 Å². The third kappa shape index (κ3) is 3.74. The molecule has 1 aliphatic heterocycles. The molecule has 0 radical (unpaired) electrons. The summed E-state index contributed by atoms with van der Waals surface area (Å²) >= 11 is 1.50. The number of rotatable bonds is 4. The number of anilines is 1. The predicted octanol–water partition coefficient (Wildman–Crippen LogP) is 4.49. The summed E-state index contributed by atoms with van der Waals surface area (Å²) in [7, 11) is 0. The summed E-state index contributed by atoms with van der Waals surface area (Å²) in [5.74, 6) is 0.523. The Morgan fingerprint density at radius 1 is 1.12 bits per heavy atom. The molecule has 0 fully saturated rings. The maximum absolute atomic E-state index is 13.4. The Balaban J connectivity index is 1.47. The van der Waals surface area contributed by atoms with Crippen LogP contribution in [0.5, 0.6) is 0 Å². The summed E-state index contributed by atoms with van der Waals surface area (Å²) in [6.07, 6.45) is 1.79. The van der Waals surface area contributed by atoms with E-state index in [0.717, 1.165) is 28.1 Å². The molecule has 1 unspecified atom stereocenters. The summed E-state index contributed by atoms with van der Waals surface area (Å²) in [5.41, 5.74) is 6.40. The highest BCUT2D eigenvalue weighted by Crippen LogP contribution is 2.34. The zero-order valence-electron chi connectivity index (χ0n) is 19.0. The van der Waals surface area contributed by atoms with Gasteiger partial charge in [-0.2, -0.15) is 5.10 Å². The van der Waals surface area contributed by atoms with Gasteiger partial charge >= 0.3 is 0 Å². The number of benzene rings is 2. The molecule has 0 bridgehead atoms. The highest BCUT2D eigenvalue weighted by molar-refractivity contribution is 7.99. The molecule has 0 aliphatic carbocycles. The van der Waals surface area contributed by atoms with Crippen molar-refractivity contribution in [1.29, 1.82) is 0 Å². The van der Waals surface area contributed by atoms with E-state index in [1.165, 1.54) is 17.3 Å². The van der Waals surface area contributed by atoms with Crippen molar-refractivity contribution < 1.29 is 4.79 Å². The Bertz CT molecular complexity index is 1450. The van der Waals surface area contributed by atoms with Gasteiger partial charge in [0.2, 0.25) is 5.91 Å². The minimum absolute atomic E-state index is 0.108. The molecular weight excluding hydrogens is 434 g/mol. The average molecular weight is 460 g/mol. The number of aryl methyl sites for hydroxylation is 4. The Kier molecular flexibility index (Phi) is 5.32. The highest BCUT2D eigenvalue weighted by Gasteiger charge is 2.30. The van der Waals surface area contributed by atoms with Crippen LogP contribution in [0.1, 0.15) is 34.7 Å². The lowest BCUT2D eigenvalue weighted by Crippen LogP contribution is -2.28. The first-order valence-corrected chi connectivity index (χ1v) is 11.9. The minimum atomic E-state index is -0.247. The topological polar surface area (TPSA) is 81.8 Å². The molecule has 1 amide bonds. The van der Waals surface area contributed by atoms with E-state index >= 15 is 0 Å². The smallest absolute Gasteiger partial charge is 0.265 e. The first-order valence-electron chi connectivity index (χ1n) is 10.9. The van der Waals surface area contributed by atoms with Crippen molar-refractivity contribution >= 4 is 34.4 Å². The summed E-state index contributed by atoms with van der Waals surface area (Å²) in [5, 5.41) is 8.59. The number of hydrogen-bond acceptors (Lipinski definition) is 5. The highest BCUT2D eigenvalue weighted by atomic mass is 32.2. The summed E-state index contributed by atoms with van der Waals surface area (Å²) in [4.78, 5) is 31.0. The molecule has 0 saturated heterocycles. The summed E-state index contributed by atoms with van der Waals surface area (Å²) < 4.78 is 3.39. The molecule has 1 N–H and O–H groups in total. The Morgan fingerprint density at radius 3 is 2.61 bits per heavy atom. The molecule has 8 heteroatoms. The number of para-hydroxylation sites is 1. The predicted molar refractivity (Wildman–Crippen MR) is 132 cm³/mol. The molecule has 2 aromatic carbocycles. The van der Waals surface area contributed by atoms with Crippen molar-refractivity contribution in [3.8, 4) is 5.69 Å². The van der Waals surface area contributed by atoms with Crippen molar-refractivity contribution in [3.63, 3.8) is 0 Å². The second kappa shape index (κ2) is 8.19. The number of aromatic nitrogens is 4. The lowest BCUT2D eigenvalue weighted by Gasteiger charge is -2.15. The van der Waals surface area contributed by atoms with Gasteiger partial charge in [-0.1, -0.05) is 47.7 Å². The molecule has 33 heavy (non-hydrogen) atoms. The molecule has 168 valence electrons. The first kappa shape index (κ1) is 21.5. The number of fused-ring (bicyclic) bond motifs is 2. The standard InChI is InChI=1S/C25H25N5O2S/c1-14-8-9-20(17(4)10-14)30-23-19(12-26-30)24(32)29-18(13-33-25(29)28-23)11-21(31)27-22-15(2)6-5-7-16(22)3/h5-10,12,18H,11,13H2,1-4H3,(H,27,31). The second-order valence-electron chi connectivity index (χ2n) is 8.64. The maximum Gasteiger partial charge on any atom is 0.265 e. The third-order valence-corrected chi connectivity index (χ3v) is 7.22. The molecule has 0 saturated carbocycles. The van der Waals surface area contributed by atoms with Crippen LogP contribution in [-0.4, -0.2) is 31.0 Å². The molecule has 1 atom stereocenters. The Morgan fingerprint density at radius 2 is 1.88 bits per heavy atom. The second-order valence-corrected chi connectivity index (χ2v) is 9.62. The molecular formula is C25H25N5O2S. The van der Waals surface area contributed by atoms with E-state index in [9.17, 15) is 9.59 Å². The first-order chi connectivity index (χ1) is 15.8. The number of carbonyl (C=O) groups is 1. The van der Waals surface area contributed by atoms with E-state index in [1.54, 1.807) is 15.4 Å². The molecule has 0 spiro atoms. The number of carbonyl (C=O) groups excluding carboxylic acids is 1. The molecule has 5 rings (SSSR count). The van der Waals surface area contributed by atoms with E-state index in [1.807, 2.05) is 58.0 Å². The SMILES string of the molecule is Cc1ccc(-n2ncc3c(=O)n4c(nc32)SCC4CC(=O)Nc2c(C)cccc2C)c(C)c1. The van der Waals surface area contributed by atoms with E-state index in [4.69, 9.17) is 4.98 Å². The molecule has 1 aliphatic rings. The van der Waals surface area contributed by atoms with Crippen LogP contribution in [0.4, 0.5) is 5.69 Å². The number of hydrogen-bond donors (Lipinski definition) is 1. The largest absolute Gasteiger partial charge is 0.326 e. The Labute approximate surface area is 195 Å². The maximum atomic E-state index is 13.4. The quantitative estimate of drug-likeness (QED) is 0.455. The molecule has 4 aromatic rings. The zero-order valence-corrected chi connectivity index (χ0v) is 19.9. The van der Waals surface area contributed by atoms with Gasteiger partial charge in [-0.25, -0.2) is 9.67 Å². The average Bonchev–Trinajstić information content (AvgIpc) is 3.36. The lowest BCUT2D eigenvalue weighted by molar-refractivity contribution is -0.116. The van der Waals surface area contributed by atoms with Crippen molar-refractivity contribution in [2.75, 3.05) is 11.1 Å². The van der Waals surface area contributed by atoms with Gasteiger partial charge in [-0.15, -0.1) is 0 Å². The van der Waals surface area contributed by atoms with Crippen molar-refractivity contribution in [1.82, 2.24) is 19.3 Å². The van der Waals surface area contributed by atoms with Crippen LogP contribution in [0.25, 0.3) is 16.7 Å². The van der Waals surface area contributed by atoms with Crippen LogP contribution in [0, 0.1) is 27.7 Å². The van der Waals surface area contributed by atoms with Gasteiger partial charge in [0.25, 0.3) is 5.56 Å². The van der Waals surface area contributed by atoms with Gasteiger partial charge in [0, 0.05) is 17.9 Å². The normalized spacial score (nSPS) is 15.1. The van der Waals surface area contributed by atoms with E-state index in [2.05, 4.69) is 16.5 Å². The van der Waals surface area contributed by atoms with Gasteiger partial charge in [-0.3, -0.25) is 14.2 Å². The lowest BCUT2D eigenvalue weighted by atomic mass is 10.1. The van der Waals surface area contributed by atoms with Crippen molar-refractivity contribution in [3.05, 3.63) is 75.2 Å². The van der Waals surface area contributed by atoms with Gasteiger partial charge in [0.05, 0.1) is 17.9 Å². The minimum Gasteiger partial charge on any atom is -0.326 e. The number of amides is 1. The van der Waals surface area contributed by atoms with Crippen LogP contribution >= 0.6 is 11.8 Å². The van der Waals surface area contributed by atoms with E-state index in [0.29, 0.717) is 21.9 Å². The zero-order chi connectivity index (χ0) is 23.3. The number of thioether (sulfide) groups is 1. The molecule has 2 aromatic heterocycles. The van der Waals surface area contributed by atoms with Crippen LogP contribution < -0.4 is 10.9 Å². The number of nitrogens with zero attached hydrogens (tertiary/aromatic N) is 4. The van der Waals surface area contributed by atoms with Gasteiger partial charge < -0.3 is 5.32 Å². The van der Waals surface area contributed by atoms with Gasteiger partial charge in [0.1, 0.15) is 5.39 Å². The molecule has 7 nitrogen and oxygen atoms in total. The monoisotopic (exact) mass is 459 g/mol. The summed E-state index contributed by atoms with van der Waals surface area (Å²) in [6.45, 7) is 8.02. The summed E-state index contributed by atoms with van der Waals surface area (Å²) in [6, 6.07) is 11.8. The fourth-order valence-electron chi connectivity index (χ4n) is 4.42. The third-order valence-electron chi connectivity index (χ3n) is 6.12. The van der Waals surface area contributed by atoms with Crippen LogP contribution in [0.2, 0.25) is 0 Å². The Hall–Kier alpha value is -3.39. The van der Waals surface area contributed by atoms with E-state index in [-0.39, 0.29) is 23.9 Å². The van der Waals surface area contributed by atoms with E-state index < -0.39 is 0 Å². The number of nitrogens with one attached hydrogen (secondary N) is 1. The fraction of sp³-hybridized carbons (Fsp3) is 0.280. The van der Waals surface area contributed by atoms with Crippen LogP contribution in [-0.2, 0) is 4.79 Å². The van der Waals surface area contributed by atoms with Gasteiger partial charge in [0.15, 0.2) is 10.8 Å². The van der Waals surface area contributed by atoms with Gasteiger partial charge in [-0.05, 0) is 50.5 Å². The van der Waals surface area contributed by atoms with Crippen molar-refractivity contribution in [2.24, 2.45) is 0 Å². The van der Waals surface area contributed by atoms with Crippen molar-refractivity contribution in [2.45, 2.75) is 45.3 Å². The molecule has 3 heterocycles.